The molecule has 0 atom stereocenters. The van der Waals surface area contributed by atoms with Crippen LogP contribution in [0.4, 0.5) is 11.4 Å². The van der Waals surface area contributed by atoms with Crippen LogP contribution in [0.5, 0.6) is 0 Å². The number of nitrogens with one attached hydrogen (secondary N) is 2. The predicted octanol–water partition coefficient (Wildman–Crippen LogP) is 2.13. The topological polar surface area (TPSA) is 84.2 Å². The average Bonchev–Trinajstić information content (AvgIpc) is 2.94. The lowest BCUT2D eigenvalue weighted by molar-refractivity contribution is -0.116. The number of hydrogen-bond acceptors (Lipinski definition) is 4. The number of aryl methyl sites for hydroxylation is 1. The number of carbonyl (C=O) groups is 2. The maximum atomic E-state index is 12.0. The summed E-state index contributed by atoms with van der Waals surface area (Å²) in [6.07, 6.45) is 0.364. The molecule has 110 valence electrons. The van der Waals surface area contributed by atoms with Gasteiger partial charge in [-0.25, -0.2) is 0 Å². The Hall–Kier alpha value is -2.18. The third-order valence-electron chi connectivity index (χ3n) is 2.88. The molecule has 2 rings (SSSR count). The van der Waals surface area contributed by atoms with Gasteiger partial charge in [0.15, 0.2) is 0 Å². The van der Waals surface area contributed by atoms with E-state index in [0.29, 0.717) is 12.1 Å². The molecule has 0 aliphatic rings. The maximum Gasteiger partial charge on any atom is 0.238 e. The minimum Gasteiger partial charge on any atom is -0.326 e. The molecule has 0 bridgehead atoms. The molecule has 0 saturated carbocycles. The first-order valence-corrected chi connectivity index (χ1v) is 7.39. The summed E-state index contributed by atoms with van der Waals surface area (Å²) < 4.78 is 0. The lowest BCUT2D eigenvalue weighted by Gasteiger charge is -2.10. The van der Waals surface area contributed by atoms with Gasteiger partial charge in [-0.05, 0) is 42.1 Å². The van der Waals surface area contributed by atoms with E-state index in [2.05, 4.69) is 10.6 Å². The molecule has 21 heavy (non-hydrogen) atoms. The van der Waals surface area contributed by atoms with Crippen LogP contribution in [0.3, 0.4) is 0 Å². The molecule has 0 fully saturated rings. The zero-order valence-electron chi connectivity index (χ0n) is 11.7. The Kier molecular flexibility index (Phi) is 5.08. The molecule has 1 heterocycles. The van der Waals surface area contributed by atoms with Crippen molar-refractivity contribution in [2.45, 2.75) is 13.3 Å². The molecular weight excluding hydrogens is 286 g/mol. The summed E-state index contributed by atoms with van der Waals surface area (Å²) in [5.74, 6) is -0.303. The maximum absolute atomic E-state index is 12.0. The molecule has 0 radical (unpaired) electrons. The van der Waals surface area contributed by atoms with Gasteiger partial charge in [0.2, 0.25) is 11.8 Å². The summed E-state index contributed by atoms with van der Waals surface area (Å²) in [6, 6.07) is 9.17. The van der Waals surface area contributed by atoms with E-state index in [4.69, 9.17) is 5.73 Å². The highest BCUT2D eigenvalue weighted by molar-refractivity contribution is 7.10. The fraction of sp³-hybridized carbons (Fsp3) is 0.200. The van der Waals surface area contributed by atoms with Gasteiger partial charge in [0.25, 0.3) is 0 Å². The third kappa shape index (κ3) is 4.40. The van der Waals surface area contributed by atoms with E-state index >= 15 is 0 Å². The van der Waals surface area contributed by atoms with Crippen LogP contribution in [0, 0.1) is 6.92 Å². The fourth-order valence-corrected chi connectivity index (χ4v) is 2.56. The van der Waals surface area contributed by atoms with E-state index in [9.17, 15) is 9.59 Å². The Labute approximate surface area is 127 Å². The zero-order valence-corrected chi connectivity index (χ0v) is 12.5. The van der Waals surface area contributed by atoms with Gasteiger partial charge < -0.3 is 16.4 Å². The summed E-state index contributed by atoms with van der Waals surface area (Å²) in [7, 11) is 0. The molecule has 0 aliphatic heterocycles. The number of thiophene rings is 1. The molecule has 6 heteroatoms. The molecule has 5 nitrogen and oxygen atoms in total. The van der Waals surface area contributed by atoms with Gasteiger partial charge >= 0.3 is 0 Å². The number of carbonyl (C=O) groups excluding carboxylic acids is 2. The summed E-state index contributed by atoms with van der Waals surface area (Å²) in [5, 5.41) is 7.49. The lowest BCUT2D eigenvalue weighted by Crippen LogP contribution is -2.22. The second-order valence-electron chi connectivity index (χ2n) is 4.59. The van der Waals surface area contributed by atoms with E-state index in [1.807, 2.05) is 24.4 Å². The molecular formula is C15H17N3O2S. The highest BCUT2D eigenvalue weighted by atomic mass is 32.1. The van der Waals surface area contributed by atoms with Crippen molar-refractivity contribution in [1.29, 1.82) is 0 Å². The highest BCUT2D eigenvalue weighted by Crippen LogP contribution is 2.20. The molecule has 0 aliphatic carbocycles. The van der Waals surface area contributed by atoms with Crippen molar-refractivity contribution in [2.24, 2.45) is 5.73 Å². The largest absolute Gasteiger partial charge is 0.326 e. The molecule has 1 aromatic heterocycles. The number of amides is 2. The molecule has 2 aromatic rings. The summed E-state index contributed by atoms with van der Waals surface area (Å²) in [4.78, 5) is 24.2. The van der Waals surface area contributed by atoms with E-state index < -0.39 is 0 Å². The van der Waals surface area contributed by atoms with Crippen molar-refractivity contribution in [3.05, 3.63) is 46.2 Å². The summed E-state index contributed by atoms with van der Waals surface area (Å²) in [6.45, 7) is 1.82. The van der Waals surface area contributed by atoms with Crippen LogP contribution >= 0.6 is 11.3 Å². The number of hydrogen-bond donors (Lipinski definition) is 3. The van der Waals surface area contributed by atoms with E-state index in [0.717, 1.165) is 16.1 Å². The lowest BCUT2D eigenvalue weighted by atomic mass is 10.1. The van der Waals surface area contributed by atoms with Gasteiger partial charge in [-0.15, -0.1) is 11.3 Å². The third-order valence-corrected chi connectivity index (χ3v) is 3.76. The van der Waals surface area contributed by atoms with Crippen LogP contribution < -0.4 is 16.4 Å². The first-order chi connectivity index (χ1) is 10.1. The van der Waals surface area contributed by atoms with Crippen molar-refractivity contribution in [2.75, 3.05) is 17.2 Å². The zero-order chi connectivity index (χ0) is 15.2. The molecule has 0 unspecified atom stereocenters. The smallest absolute Gasteiger partial charge is 0.238 e. The van der Waals surface area contributed by atoms with Crippen LogP contribution in [0.15, 0.2) is 35.7 Å². The van der Waals surface area contributed by atoms with Gasteiger partial charge in [0, 0.05) is 16.3 Å². The fourth-order valence-electron chi connectivity index (χ4n) is 1.86. The molecule has 1 aromatic carbocycles. The Bertz CT molecular complexity index is 638. The Morgan fingerprint density at radius 2 is 2.00 bits per heavy atom. The van der Waals surface area contributed by atoms with E-state index in [1.54, 1.807) is 29.5 Å². The second-order valence-corrected chi connectivity index (χ2v) is 5.62. The molecule has 2 amide bonds. The van der Waals surface area contributed by atoms with Gasteiger partial charge in [0.1, 0.15) is 0 Å². The summed E-state index contributed by atoms with van der Waals surface area (Å²) in [5.41, 5.74) is 7.53. The minimum absolute atomic E-state index is 0.0562. The monoisotopic (exact) mass is 303 g/mol. The number of benzene rings is 1. The Morgan fingerprint density at radius 1 is 1.19 bits per heavy atom. The quantitative estimate of drug-likeness (QED) is 0.791. The van der Waals surface area contributed by atoms with Crippen LogP contribution in [-0.2, 0) is 16.0 Å². The Balaban J connectivity index is 2.00. The van der Waals surface area contributed by atoms with Crippen molar-refractivity contribution in [3.8, 4) is 0 Å². The molecule has 0 saturated heterocycles. The first kappa shape index (κ1) is 15.2. The van der Waals surface area contributed by atoms with Gasteiger partial charge in [-0.2, -0.15) is 0 Å². The van der Waals surface area contributed by atoms with Crippen LogP contribution in [-0.4, -0.2) is 18.4 Å². The van der Waals surface area contributed by atoms with Crippen LogP contribution in [0.2, 0.25) is 0 Å². The van der Waals surface area contributed by atoms with Gasteiger partial charge in [-0.1, -0.05) is 6.07 Å². The number of anilines is 2. The van der Waals surface area contributed by atoms with E-state index in [-0.39, 0.29) is 18.4 Å². The van der Waals surface area contributed by atoms with Crippen molar-refractivity contribution in [3.63, 3.8) is 0 Å². The Morgan fingerprint density at radius 3 is 2.62 bits per heavy atom. The number of nitrogens with two attached hydrogens (primary N) is 1. The van der Waals surface area contributed by atoms with Crippen molar-refractivity contribution < 1.29 is 9.59 Å². The second kappa shape index (κ2) is 7.01. The normalized spacial score (nSPS) is 10.2. The highest BCUT2D eigenvalue weighted by Gasteiger charge is 2.08. The van der Waals surface area contributed by atoms with Crippen molar-refractivity contribution in [1.82, 2.24) is 0 Å². The minimum atomic E-state index is -0.246. The summed E-state index contributed by atoms with van der Waals surface area (Å²) >= 11 is 1.56. The SMILES string of the molecule is Cc1cc(NC(=O)CN)ccc1NC(=O)Cc1cccs1. The van der Waals surface area contributed by atoms with Crippen molar-refractivity contribution >= 4 is 34.5 Å². The number of rotatable bonds is 5. The standard InChI is InChI=1S/C15H17N3O2S/c1-10-7-11(17-15(20)9-16)4-5-13(10)18-14(19)8-12-3-2-6-21-12/h2-7H,8-9,16H2,1H3,(H,17,20)(H,18,19). The van der Waals surface area contributed by atoms with E-state index in [1.165, 1.54) is 0 Å². The van der Waals surface area contributed by atoms with Crippen LogP contribution in [0.25, 0.3) is 0 Å². The van der Waals surface area contributed by atoms with Gasteiger partial charge in [0.05, 0.1) is 13.0 Å². The molecule has 0 spiro atoms. The average molecular weight is 303 g/mol. The molecule has 4 N–H and O–H groups in total. The predicted molar refractivity (Wildman–Crippen MR) is 85.5 cm³/mol. The first-order valence-electron chi connectivity index (χ1n) is 6.51. The van der Waals surface area contributed by atoms with Gasteiger partial charge in [-0.3, -0.25) is 9.59 Å². The van der Waals surface area contributed by atoms with Crippen LogP contribution in [0.1, 0.15) is 10.4 Å².